The number of Topliss-reactive ketones (excluding diaryl/α,β-unsaturated/α-hetero) is 1. The van der Waals surface area contributed by atoms with Crippen molar-refractivity contribution in [3.8, 4) is 0 Å². The molecule has 0 saturated carbocycles. The molecule has 0 aliphatic carbocycles. The highest BCUT2D eigenvalue weighted by Gasteiger charge is 2.08. The molecule has 2 N–H and O–H groups in total. The number of hydrogen-bond donors (Lipinski definition) is 1. The van der Waals surface area contributed by atoms with Crippen molar-refractivity contribution in [1.29, 1.82) is 0 Å². The van der Waals surface area contributed by atoms with E-state index in [1.807, 2.05) is 0 Å². The first-order valence-electron chi connectivity index (χ1n) is 4.07. The summed E-state index contributed by atoms with van der Waals surface area (Å²) in [6.07, 6.45) is 3.72. The number of nitrogens with two attached hydrogens (primary N) is 1. The van der Waals surface area contributed by atoms with E-state index < -0.39 is 0 Å². The van der Waals surface area contributed by atoms with Crippen LogP contribution in [-0.2, 0) is 4.79 Å². The molecule has 1 unspecified atom stereocenters. The molecule has 0 aliphatic heterocycles. The van der Waals surface area contributed by atoms with Gasteiger partial charge in [0.05, 0.1) is 0 Å². The smallest absolute Gasteiger partial charge is 0.136 e. The predicted molar refractivity (Wildman–Crippen MR) is 47.3 cm³/mol. The molecular weight excluding hydrogens is 138 g/mol. The molecule has 11 heavy (non-hydrogen) atoms. The van der Waals surface area contributed by atoms with Gasteiger partial charge in [-0.3, -0.25) is 4.79 Å². The molecule has 0 spiro atoms. The summed E-state index contributed by atoms with van der Waals surface area (Å²) in [6.45, 7) is 6.17. The summed E-state index contributed by atoms with van der Waals surface area (Å²) in [5.41, 5.74) is 5.45. The Bertz CT molecular complexity index is 128. The first kappa shape index (κ1) is 10.4. The van der Waals surface area contributed by atoms with Crippen molar-refractivity contribution in [3.05, 3.63) is 12.7 Å². The fraction of sp³-hybridized carbons (Fsp3) is 0.667. The maximum atomic E-state index is 11.0. The number of carbonyl (C=O) groups excluding carboxylic acids is 1. The lowest BCUT2D eigenvalue weighted by Crippen LogP contribution is -2.16. The highest BCUT2D eigenvalue weighted by molar-refractivity contribution is 5.79. The zero-order chi connectivity index (χ0) is 8.69. The third-order valence-electron chi connectivity index (χ3n) is 1.80. The Labute approximate surface area is 68.5 Å². The lowest BCUT2D eigenvalue weighted by molar-refractivity contribution is -0.119. The Morgan fingerprint density at radius 3 is 2.73 bits per heavy atom. The zero-order valence-corrected chi connectivity index (χ0v) is 7.18. The molecule has 2 heteroatoms. The molecule has 0 radical (unpaired) electrons. The Morgan fingerprint density at radius 1 is 1.73 bits per heavy atom. The van der Waals surface area contributed by atoms with Crippen molar-refractivity contribution < 1.29 is 4.79 Å². The normalized spacial score (nSPS) is 12.5. The molecule has 0 aromatic heterocycles. The second-order valence-electron chi connectivity index (χ2n) is 2.75. The van der Waals surface area contributed by atoms with Gasteiger partial charge >= 0.3 is 0 Å². The number of hydrogen-bond acceptors (Lipinski definition) is 2. The van der Waals surface area contributed by atoms with Crippen LogP contribution in [0.3, 0.4) is 0 Å². The van der Waals surface area contributed by atoms with Gasteiger partial charge in [-0.05, 0) is 12.5 Å². The number of rotatable bonds is 6. The SMILES string of the molecule is C=CCC(=O)CC(CC)CN. The van der Waals surface area contributed by atoms with Gasteiger partial charge in [0.1, 0.15) is 5.78 Å². The molecule has 0 heterocycles. The van der Waals surface area contributed by atoms with Crippen molar-refractivity contribution in [3.63, 3.8) is 0 Å². The van der Waals surface area contributed by atoms with E-state index >= 15 is 0 Å². The predicted octanol–water partition coefficient (Wildman–Crippen LogP) is 1.51. The van der Waals surface area contributed by atoms with Gasteiger partial charge in [0.25, 0.3) is 0 Å². The van der Waals surface area contributed by atoms with Gasteiger partial charge in [-0.15, -0.1) is 6.58 Å². The van der Waals surface area contributed by atoms with E-state index in [-0.39, 0.29) is 5.78 Å². The van der Waals surface area contributed by atoms with Crippen molar-refractivity contribution in [2.45, 2.75) is 26.2 Å². The molecule has 0 aromatic carbocycles. The van der Waals surface area contributed by atoms with Gasteiger partial charge in [0.2, 0.25) is 0 Å². The van der Waals surface area contributed by atoms with Crippen LogP contribution in [0.25, 0.3) is 0 Å². The Hall–Kier alpha value is -0.630. The average Bonchev–Trinajstić information content (AvgIpc) is 2.01. The van der Waals surface area contributed by atoms with Crippen molar-refractivity contribution in [1.82, 2.24) is 0 Å². The molecule has 0 aromatic rings. The van der Waals surface area contributed by atoms with Crippen LogP contribution >= 0.6 is 0 Å². The summed E-state index contributed by atoms with van der Waals surface area (Å²) in [5, 5.41) is 0. The van der Waals surface area contributed by atoms with Crippen LogP contribution in [0.2, 0.25) is 0 Å². The van der Waals surface area contributed by atoms with Gasteiger partial charge in [0.15, 0.2) is 0 Å². The number of allylic oxidation sites excluding steroid dienone is 1. The van der Waals surface area contributed by atoms with Crippen LogP contribution in [0.15, 0.2) is 12.7 Å². The monoisotopic (exact) mass is 155 g/mol. The third kappa shape index (κ3) is 4.73. The third-order valence-corrected chi connectivity index (χ3v) is 1.80. The Morgan fingerprint density at radius 2 is 2.36 bits per heavy atom. The first-order chi connectivity index (χ1) is 5.24. The molecule has 0 saturated heterocycles. The number of carbonyl (C=O) groups is 1. The minimum atomic E-state index is 0.248. The van der Waals surface area contributed by atoms with Gasteiger partial charge < -0.3 is 5.73 Å². The summed E-state index contributed by atoms with van der Waals surface area (Å²) in [7, 11) is 0. The molecular formula is C9H17NO. The van der Waals surface area contributed by atoms with E-state index in [4.69, 9.17) is 5.73 Å². The van der Waals surface area contributed by atoms with Crippen LogP contribution in [-0.4, -0.2) is 12.3 Å². The van der Waals surface area contributed by atoms with Crippen LogP contribution in [0.4, 0.5) is 0 Å². The Kier molecular flexibility index (Phi) is 5.75. The summed E-state index contributed by atoms with van der Waals surface area (Å²) >= 11 is 0. The van der Waals surface area contributed by atoms with Gasteiger partial charge in [-0.1, -0.05) is 19.4 Å². The number of ketones is 1. The molecule has 2 nitrogen and oxygen atoms in total. The largest absolute Gasteiger partial charge is 0.330 e. The first-order valence-corrected chi connectivity index (χ1v) is 4.07. The molecule has 0 aliphatic rings. The Balaban J connectivity index is 3.62. The van der Waals surface area contributed by atoms with Crippen LogP contribution in [0, 0.1) is 5.92 Å². The second kappa shape index (κ2) is 6.10. The topological polar surface area (TPSA) is 43.1 Å². The molecule has 0 rings (SSSR count). The van der Waals surface area contributed by atoms with Gasteiger partial charge in [-0.25, -0.2) is 0 Å². The van der Waals surface area contributed by atoms with Crippen LogP contribution in [0.5, 0.6) is 0 Å². The van der Waals surface area contributed by atoms with Crippen molar-refractivity contribution >= 4 is 5.78 Å². The lowest BCUT2D eigenvalue weighted by atomic mass is 9.99. The second-order valence-corrected chi connectivity index (χ2v) is 2.75. The summed E-state index contributed by atoms with van der Waals surface area (Å²) in [6, 6.07) is 0. The fourth-order valence-corrected chi connectivity index (χ4v) is 0.961. The van der Waals surface area contributed by atoms with E-state index in [1.165, 1.54) is 0 Å². The zero-order valence-electron chi connectivity index (χ0n) is 7.18. The quantitative estimate of drug-likeness (QED) is 0.591. The molecule has 1 atom stereocenters. The molecule has 64 valence electrons. The van der Waals surface area contributed by atoms with E-state index in [2.05, 4.69) is 13.5 Å². The van der Waals surface area contributed by atoms with Crippen LogP contribution < -0.4 is 5.73 Å². The van der Waals surface area contributed by atoms with E-state index in [0.717, 1.165) is 6.42 Å². The maximum absolute atomic E-state index is 11.0. The lowest BCUT2D eigenvalue weighted by Gasteiger charge is -2.09. The summed E-state index contributed by atoms with van der Waals surface area (Å²) in [4.78, 5) is 11.0. The standard InChI is InChI=1S/C9H17NO/c1-3-5-9(11)6-8(4-2)7-10/h3,8H,1,4-7,10H2,2H3. The highest BCUT2D eigenvalue weighted by atomic mass is 16.1. The summed E-state index contributed by atoms with van der Waals surface area (Å²) < 4.78 is 0. The van der Waals surface area contributed by atoms with Gasteiger partial charge in [0, 0.05) is 12.8 Å². The minimum Gasteiger partial charge on any atom is -0.330 e. The van der Waals surface area contributed by atoms with E-state index in [0.29, 0.717) is 25.3 Å². The average molecular weight is 155 g/mol. The fourth-order valence-electron chi connectivity index (χ4n) is 0.961. The molecule has 0 amide bonds. The van der Waals surface area contributed by atoms with Crippen molar-refractivity contribution in [2.24, 2.45) is 11.7 Å². The van der Waals surface area contributed by atoms with Crippen LogP contribution in [0.1, 0.15) is 26.2 Å². The maximum Gasteiger partial charge on any atom is 0.136 e. The highest BCUT2D eigenvalue weighted by Crippen LogP contribution is 2.07. The van der Waals surface area contributed by atoms with Crippen molar-refractivity contribution in [2.75, 3.05) is 6.54 Å². The van der Waals surface area contributed by atoms with Gasteiger partial charge in [-0.2, -0.15) is 0 Å². The summed E-state index contributed by atoms with van der Waals surface area (Å²) in [5.74, 6) is 0.611. The van der Waals surface area contributed by atoms with E-state index in [1.54, 1.807) is 6.08 Å². The minimum absolute atomic E-state index is 0.248. The van der Waals surface area contributed by atoms with E-state index in [9.17, 15) is 4.79 Å². The molecule has 0 fully saturated rings. The molecule has 0 bridgehead atoms.